The van der Waals surface area contributed by atoms with Crippen LogP contribution >= 0.6 is 11.3 Å². The third kappa shape index (κ3) is 3.82. The molecule has 0 atom stereocenters. The van der Waals surface area contributed by atoms with Gasteiger partial charge in [0.25, 0.3) is 0 Å². The summed E-state index contributed by atoms with van der Waals surface area (Å²) in [5.41, 5.74) is 1.39. The molecule has 0 fully saturated rings. The summed E-state index contributed by atoms with van der Waals surface area (Å²) >= 11 is 1.26. The van der Waals surface area contributed by atoms with Crippen LogP contribution in [0.3, 0.4) is 0 Å². The third-order valence-corrected chi connectivity index (χ3v) is 3.37. The van der Waals surface area contributed by atoms with Crippen LogP contribution in [0, 0.1) is 6.92 Å². The molecule has 0 saturated carbocycles. The van der Waals surface area contributed by atoms with Crippen molar-refractivity contribution >= 4 is 28.9 Å². The van der Waals surface area contributed by atoms with Gasteiger partial charge >= 0.3 is 5.97 Å². The summed E-state index contributed by atoms with van der Waals surface area (Å²) in [7, 11) is 1.32. The van der Waals surface area contributed by atoms with E-state index in [-0.39, 0.29) is 12.3 Å². The first kappa shape index (κ1) is 14.7. The Hall–Kier alpha value is -1.40. The van der Waals surface area contributed by atoms with Crippen LogP contribution < -0.4 is 5.32 Å². The molecule has 1 N–H and O–H groups in total. The molecule has 0 unspecified atom stereocenters. The van der Waals surface area contributed by atoms with Crippen LogP contribution in [0.5, 0.6) is 0 Å². The van der Waals surface area contributed by atoms with Crippen molar-refractivity contribution in [3.05, 3.63) is 15.8 Å². The lowest BCUT2D eigenvalue weighted by molar-refractivity contribution is -0.117. The number of hydrogen-bond donors (Lipinski definition) is 1. The van der Waals surface area contributed by atoms with Gasteiger partial charge in [0.2, 0.25) is 5.91 Å². The summed E-state index contributed by atoms with van der Waals surface area (Å²) in [5.74, 6) is -0.608. The van der Waals surface area contributed by atoms with Gasteiger partial charge in [0, 0.05) is 6.61 Å². The highest BCUT2D eigenvalue weighted by Crippen LogP contribution is 2.28. The zero-order chi connectivity index (χ0) is 13.5. The van der Waals surface area contributed by atoms with Gasteiger partial charge in [-0.25, -0.2) is 4.79 Å². The largest absolute Gasteiger partial charge is 0.465 e. The molecular formula is C12H17NO4S. The van der Waals surface area contributed by atoms with E-state index in [1.165, 1.54) is 18.4 Å². The van der Waals surface area contributed by atoms with Gasteiger partial charge < -0.3 is 14.8 Å². The second-order valence-electron chi connectivity index (χ2n) is 3.61. The van der Waals surface area contributed by atoms with E-state index in [9.17, 15) is 9.59 Å². The SMILES string of the molecule is CCOCCC(=O)Nc1c(C)csc1C(=O)OC. The molecule has 0 saturated heterocycles. The predicted molar refractivity (Wildman–Crippen MR) is 70.1 cm³/mol. The summed E-state index contributed by atoms with van der Waals surface area (Å²) in [4.78, 5) is 23.6. The number of thiophene rings is 1. The molecule has 0 aliphatic carbocycles. The lowest BCUT2D eigenvalue weighted by atomic mass is 10.2. The highest BCUT2D eigenvalue weighted by Gasteiger charge is 2.18. The molecule has 0 spiro atoms. The molecule has 100 valence electrons. The molecular weight excluding hydrogens is 254 g/mol. The maximum Gasteiger partial charge on any atom is 0.350 e. The lowest BCUT2D eigenvalue weighted by Gasteiger charge is -2.07. The number of amides is 1. The van der Waals surface area contributed by atoms with Gasteiger partial charge in [-0.1, -0.05) is 0 Å². The van der Waals surface area contributed by atoms with Gasteiger partial charge in [0.15, 0.2) is 0 Å². The van der Waals surface area contributed by atoms with Crippen molar-refractivity contribution in [2.45, 2.75) is 20.3 Å². The number of carbonyl (C=O) groups excluding carboxylic acids is 2. The molecule has 1 rings (SSSR count). The highest BCUT2D eigenvalue weighted by atomic mass is 32.1. The highest BCUT2D eigenvalue weighted by molar-refractivity contribution is 7.12. The quantitative estimate of drug-likeness (QED) is 0.636. The third-order valence-electron chi connectivity index (χ3n) is 2.29. The first-order chi connectivity index (χ1) is 8.60. The van der Waals surface area contributed by atoms with Gasteiger partial charge in [-0.15, -0.1) is 11.3 Å². The fraction of sp³-hybridized carbons (Fsp3) is 0.500. The van der Waals surface area contributed by atoms with Crippen molar-refractivity contribution in [2.75, 3.05) is 25.6 Å². The maximum absolute atomic E-state index is 11.7. The van der Waals surface area contributed by atoms with Gasteiger partial charge in [-0.05, 0) is 24.8 Å². The first-order valence-corrected chi connectivity index (χ1v) is 6.52. The summed E-state index contributed by atoms with van der Waals surface area (Å²) < 4.78 is 9.77. The van der Waals surface area contributed by atoms with Crippen LogP contribution in [0.4, 0.5) is 5.69 Å². The Morgan fingerprint density at radius 2 is 2.17 bits per heavy atom. The first-order valence-electron chi connectivity index (χ1n) is 5.64. The average molecular weight is 271 g/mol. The minimum Gasteiger partial charge on any atom is -0.465 e. The molecule has 1 amide bonds. The molecule has 0 bridgehead atoms. The van der Waals surface area contributed by atoms with E-state index in [1.54, 1.807) is 0 Å². The van der Waals surface area contributed by atoms with Crippen molar-refractivity contribution in [1.82, 2.24) is 0 Å². The number of hydrogen-bond acceptors (Lipinski definition) is 5. The maximum atomic E-state index is 11.7. The van der Waals surface area contributed by atoms with Crippen LogP contribution in [0.1, 0.15) is 28.6 Å². The minimum atomic E-state index is -0.437. The number of anilines is 1. The Morgan fingerprint density at radius 3 is 2.78 bits per heavy atom. The van der Waals surface area contributed by atoms with Crippen molar-refractivity contribution in [1.29, 1.82) is 0 Å². The predicted octanol–water partition coefficient (Wildman–Crippen LogP) is 2.21. The van der Waals surface area contributed by atoms with Crippen LogP contribution in [-0.4, -0.2) is 32.2 Å². The second kappa shape index (κ2) is 7.13. The Bertz CT molecular complexity index is 428. The van der Waals surface area contributed by atoms with E-state index in [2.05, 4.69) is 10.1 Å². The number of carbonyl (C=O) groups is 2. The molecule has 0 aliphatic heterocycles. The Balaban J connectivity index is 2.68. The molecule has 0 aromatic carbocycles. The summed E-state index contributed by atoms with van der Waals surface area (Å²) in [6.45, 7) is 4.66. The van der Waals surface area contributed by atoms with Crippen LogP contribution in [0.25, 0.3) is 0 Å². The molecule has 6 heteroatoms. The van der Waals surface area contributed by atoms with E-state index >= 15 is 0 Å². The molecule has 1 heterocycles. The van der Waals surface area contributed by atoms with E-state index in [0.717, 1.165) is 5.56 Å². The summed E-state index contributed by atoms with van der Waals surface area (Å²) in [5, 5.41) is 4.53. The zero-order valence-electron chi connectivity index (χ0n) is 10.7. The van der Waals surface area contributed by atoms with E-state index in [4.69, 9.17) is 4.74 Å². The average Bonchev–Trinajstić information content (AvgIpc) is 2.71. The van der Waals surface area contributed by atoms with Crippen LogP contribution in [0.15, 0.2) is 5.38 Å². The molecule has 5 nitrogen and oxygen atoms in total. The van der Waals surface area contributed by atoms with Gasteiger partial charge in [0.1, 0.15) is 4.88 Å². The number of methoxy groups -OCH3 is 1. The van der Waals surface area contributed by atoms with Gasteiger partial charge in [0.05, 0.1) is 25.8 Å². The number of aryl methyl sites for hydroxylation is 1. The normalized spacial score (nSPS) is 10.2. The number of nitrogens with one attached hydrogen (secondary N) is 1. The lowest BCUT2D eigenvalue weighted by Crippen LogP contribution is -2.16. The van der Waals surface area contributed by atoms with E-state index in [1.807, 2.05) is 19.2 Å². The van der Waals surface area contributed by atoms with Crippen molar-refractivity contribution in [3.8, 4) is 0 Å². The van der Waals surface area contributed by atoms with Crippen molar-refractivity contribution in [2.24, 2.45) is 0 Å². The van der Waals surface area contributed by atoms with Crippen LogP contribution in [0.2, 0.25) is 0 Å². The second-order valence-corrected chi connectivity index (χ2v) is 4.49. The molecule has 1 aromatic rings. The zero-order valence-corrected chi connectivity index (χ0v) is 11.6. The minimum absolute atomic E-state index is 0.171. The Kier molecular flexibility index (Phi) is 5.80. The Labute approximate surface area is 110 Å². The van der Waals surface area contributed by atoms with Crippen molar-refractivity contribution < 1.29 is 19.1 Å². The molecule has 0 radical (unpaired) electrons. The van der Waals surface area contributed by atoms with Crippen LogP contribution in [-0.2, 0) is 14.3 Å². The standard InChI is InChI=1S/C12H17NO4S/c1-4-17-6-5-9(14)13-10-8(2)7-18-11(10)12(15)16-3/h7H,4-6H2,1-3H3,(H,13,14). The molecule has 1 aromatic heterocycles. The van der Waals surface area contributed by atoms with E-state index in [0.29, 0.717) is 23.8 Å². The fourth-order valence-electron chi connectivity index (χ4n) is 1.35. The molecule has 0 aliphatic rings. The summed E-state index contributed by atoms with van der Waals surface area (Å²) in [6.07, 6.45) is 0.268. The number of ether oxygens (including phenoxy) is 2. The smallest absolute Gasteiger partial charge is 0.350 e. The monoisotopic (exact) mass is 271 g/mol. The number of rotatable bonds is 6. The Morgan fingerprint density at radius 1 is 1.44 bits per heavy atom. The van der Waals surface area contributed by atoms with Gasteiger partial charge in [-0.2, -0.15) is 0 Å². The topological polar surface area (TPSA) is 64.6 Å². The number of esters is 1. The summed E-state index contributed by atoms with van der Waals surface area (Å²) in [6, 6.07) is 0. The molecule has 18 heavy (non-hydrogen) atoms. The van der Waals surface area contributed by atoms with E-state index < -0.39 is 5.97 Å². The fourth-order valence-corrected chi connectivity index (χ4v) is 2.28. The van der Waals surface area contributed by atoms with Crippen molar-refractivity contribution in [3.63, 3.8) is 0 Å². The van der Waals surface area contributed by atoms with Gasteiger partial charge in [-0.3, -0.25) is 4.79 Å².